The van der Waals surface area contributed by atoms with Crippen LogP contribution in [0.15, 0.2) is 0 Å². The molecule has 0 saturated carbocycles. The summed E-state index contributed by atoms with van der Waals surface area (Å²) in [6.07, 6.45) is 8.78. The van der Waals surface area contributed by atoms with E-state index < -0.39 is 19.7 Å². The van der Waals surface area contributed by atoms with Gasteiger partial charge in [-0.05, 0) is 73.0 Å². The molecule has 3 fully saturated rings. The van der Waals surface area contributed by atoms with Gasteiger partial charge >= 0.3 is 74.8 Å². The van der Waals surface area contributed by atoms with Crippen molar-refractivity contribution in [2.24, 2.45) is 0 Å². The van der Waals surface area contributed by atoms with Crippen LogP contribution in [-0.2, 0) is 19.7 Å². The first-order chi connectivity index (χ1) is 10.8. The molecule has 0 N–H and O–H groups in total. The maximum absolute atomic E-state index is 5.43. The Labute approximate surface area is 180 Å². The fourth-order valence-electron chi connectivity index (χ4n) is 1.53. The van der Waals surface area contributed by atoms with Crippen LogP contribution in [0.1, 0.15) is 38.5 Å². The van der Waals surface area contributed by atoms with Crippen LogP contribution in [0.5, 0.6) is 0 Å². The van der Waals surface area contributed by atoms with Gasteiger partial charge in [-0.2, -0.15) is 35.3 Å². The average Bonchev–Trinajstić information content (AvgIpc) is 3.24. The average molecular weight is 663 g/mol. The molecule has 0 spiro atoms. The minimum absolute atomic E-state index is 1.42. The van der Waals surface area contributed by atoms with E-state index >= 15 is 0 Å². The van der Waals surface area contributed by atoms with E-state index in [0.29, 0.717) is 0 Å². The van der Waals surface area contributed by atoms with E-state index in [2.05, 4.69) is 35.3 Å². The Bertz CT molecular complexity index is 268. The molecule has 0 aromatic heterocycles. The summed E-state index contributed by atoms with van der Waals surface area (Å²) < 4.78 is 0. The molecule has 0 aliphatic carbocycles. The summed E-state index contributed by atoms with van der Waals surface area (Å²) in [5, 5.41) is 0. The third-order valence-corrected chi connectivity index (χ3v) is 86.9. The zero-order valence-electron chi connectivity index (χ0n) is 12.9. The number of halogens is 6. The Morgan fingerprint density at radius 1 is 0.391 bits per heavy atom. The van der Waals surface area contributed by atoms with Gasteiger partial charge in [0.2, 0.25) is 0 Å². The van der Waals surface area contributed by atoms with Crippen LogP contribution >= 0.6 is 90.4 Å². The van der Waals surface area contributed by atoms with Crippen LogP contribution in [0.4, 0.5) is 0 Å². The summed E-state index contributed by atoms with van der Waals surface area (Å²) in [7, 11) is 25.6. The van der Waals surface area contributed by atoms with Crippen molar-refractivity contribution in [1.29, 1.82) is 0 Å². The van der Waals surface area contributed by atoms with Gasteiger partial charge in [-0.3, -0.25) is 0 Å². The Hall–Kier alpha value is 4.27. The fraction of sp³-hybridized carbons (Fsp3) is 1.00. The second kappa shape index (κ2) is 17.2. The molecule has 0 amide bonds. The zero-order chi connectivity index (χ0) is 17.6. The molecular formula is C12H24Cl6Nb2S3. The Balaban J connectivity index is 0.000000286. The predicted molar refractivity (Wildman–Crippen MR) is 115 cm³/mol. The van der Waals surface area contributed by atoms with Crippen molar-refractivity contribution in [1.82, 2.24) is 0 Å². The van der Waals surface area contributed by atoms with Gasteiger partial charge in [-0.1, -0.05) is 0 Å². The molecule has 3 rings (SSSR count). The molecule has 11 heteroatoms. The molecule has 3 heterocycles. The number of hydrogen-bond acceptors (Lipinski definition) is 3. The van der Waals surface area contributed by atoms with Gasteiger partial charge in [-0.15, -0.1) is 0 Å². The van der Waals surface area contributed by atoms with Gasteiger partial charge < -0.3 is 0 Å². The van der Waals surface area contributed by atoms with Crippen LogP contribution in [0.2, 0.25) is 0 Å². The summed E-state index contributed by atoms with van der Waals surface area (Å²) in [6, 6.07) is 0. The van der Waals surface area contributed by atoms with Crippen LogP contribution in [0.3, 0.4) is 0 Å². The second-order valence-electron chi connectivity index (χ2n) is 4.80. The van der Waals surface area contributed by atoms with Crippen molar-refractivity contribution >= 4 is 90.4 Å². The zero-order valence-corrected chi connectivity index (χ0v) is 24.3. The Morgan fingerprint density at radius 3 is 0.609 bits per heavy atom. The number of thioether (sulfide) groups is 3. The Morgan fingerprint density at radius 2 is 0.565 bits per heavy atom. The van der Waals surface area contributed by atoms with Crippen molar-refractivity contribution in [2.75, 3.05) is 34.5 Å². The molecule has 3 saturated heterocycles. The molecule has 0 unspecified atom stereocenters. The fourth-order valence-corrected chi connectivity index (χ4v) is 4.59. The summed E-state index contributed by atoms with van der Waals surface area (Å²) in [5.41, 5.74) is 0. The monoisotopic (exact) mass is 660 g/mol. The molecule has 3 aliphatic rings. The Kier molecular flexibility index (Phi) is 20.3. The summed E-state index contributed by atoms with van der Waals surface area (Å²) in [6.45, 7) is 0. The van der Waals surface area contributed by atoms with Gasteiger partial charge in [0, 0.05) is 0 Å². The topological polar surface area (TPSA) is 0 Å². The SMILES string of the molecule is C1CCSC1.C1CCSC1.C1CCSC1.[Cl][Nb]([Cl])([Cl])=[Nb]([Cl])([Cl])[Cl]. The first-order valence-electron chi connectivity index (χ1n) is 7.45. The molecule has 0 atom stereocenters. The van der Waals surface area contributed by atoms with Crippen LogP contribution in [0, 0.1) is 0 Å². The van der Waals surface area contributed by atoms with E-state index in [0.717, 1.165) is 0 Å². The van der Waals surface area contributed by atoms with Gasteiger partial charge in [0.1, 0.15) is 0 Å². The number of rotatable bonds is 0. The molecule has 0 aromatic rings. The quantitative estimate of drug-likeness (QED) is 0.238. The van der Waals surface area contributed by atoms with Crippen LogP contribution in [-0.4, -0.2) is 34.5 Å². The third kappa shape index (κ3) is 19.4. The standard InChI is InChI=1S/3C4H8S.6ClH.2Nb/c3*1-2-4-5-3-1;;;;;;;;/h3*1-4H2;6*1H;;/q;;;;;;;;;2*+3/p-6. The van der Waals surface area contributed by atoms with Crippen LogP contribution < -0.4 is 0 Å². The van der Waals surface area contributed by atoms with E-state index in [1.807, 2.05) is 0 Å². The molecule has 0 bridgehead atoms. The molecule has 142 valence electrons. The van der Waals surface area contributed by atoms with Gasteiger partial charge in [0.05, 0.1) is 0 Å². The normalized spacial score (nSPS) is 20.6. The summed E-state index contributed by atoms with van der Waals surface area (Å²) in [4.78, 5) is 0. The van der Waals surface area contributed by atoms with Gasteiger partial charge in [-0.25, -0.2) is 0 Å². The third-order valence-electron chi connectivity index (χ3n) is 2.74. The minimum atomic E-state index is -3.52. The van der Waals surface area contributed by atoms with E-state index in [1.54, 1.807) is 0 Å². The number of hydrogen-bond donors (Lipinski definition) is 0. The molecule has 0 radical (unpaired) electrons. The second-order valence-corrected chi connectivity index (χ2v) is 75.7. The molecule has 0 aromatic carbocycles. The molecular weight excluding hydrogens is 639 g/mol. The summed E-state index contributed by atoms with van der Waals surface area (Å²) in [5.74, 6) is 8.50. The van der Waals surface area contributed by atoms with E-state index in [1.165, 1.54) is 73.0 Å². The van der Waals surface area contributed by atoms with Crippen molar-refractivity contribution < 1.29 is 19.7 Å². The van der Waals surface area contributed by atoms with E-state index in [9.17, 15) is 0 Å². The summed E-state index contributed by atoms with van der Waals surface area (Å²) >= 11 is 6.22. The van der Waals surface area contributed by atoms with Crippen molar-refractivity contribution in [3.05, 3.63) is 0 Å². The molecule has 0 nitrogen and oxygen atoms in total. The van der Waals surface area contributed by atoms with E-state index in [4.69, 9.17) is 55.1 Å². The van der Waals surface area contributed by atoms with Crippen molar-refractivity contribution in [3.63, 3.8) is 0 Å². The molecule has 23 heavy (non-hydrogen) atoms. The van der Waals surface area contributed by atoms with E-state index in [-0.39, 0.29) is 0 Å². The maximum atomic E-state index is 5.43. The van der Waals surface area contributed by atoms with Crippen molar-refractivity contribution in [3.8, 4) is 0 Å². The van der Waals surface area contributed by atoms with Gasteiger partial charge in [0.25, 0.3) is 0 Å². The predicted octanol–water partition coefficient (Wildman–Crippen LogP) is 8.67. The molecule has 3 aliphatic heterocycles. The first-order valence-corrected chi connectivity index (χ1v) is 34.7. The van der Waals surface area contributed by atoms with Crippen LogP contribution in [0.25, 0.3) is 0 Å². The first kappa shape index (κ1) is 27.3. The van der Waals surface area contributed by atoms with Crippen molar-refractivity contribution in [2.45, 2.75) is 38.5 Å². The van der Waals surface area contributed by atoms with Gasteiger partial charge in [0.15, 0.2) is 0 Å².